The molecule has 72 heavy (non-hydrogen) atoms. The van der Waals surface area contributed by atoms with Crippen molar-refractivity contribution in [2.75, 3.05) is 109 Å². The van der Waals surface area contributed by atoms with E-state index < -0.39 is 86.7 Å². The molecule has 0 saturated carbocycles. The van der Waals surface area contributed by atoms with Gasteiger partial charge in [0.25, 0.3) is 0 Å². The molecule has 8 N–H and O–H groups in total. The molecule has 0 bridgehead atoms. The quantitative estimate of drug-likeness (QED) is 0.0149. The van der Waals surface area contributed by atoms with Crippen LogP contribution in [-0.2, 0) is 40.5 Å². The Balaban J connectivity index is 0.0000126. The molecule has 0 aliphatic heterocycles. The van der Waals surface area contributed by atoms with Gasteiger partial charge < -0.3 is 69.7 Å². The molecule has 28 nitrogen and oxygen atoms in total. The van der Waals surface area contributed by atoms with Crippen molar-refractivity contribution in [2.24, 2.45) is 11.8 Å². The van der Waals surface area contributed by atoms with Gasteiger partial charge in [-0.15, -0.1) is 0 Å². The van der Waals surface area contributed by atoms with Gasteiger partial charge in [-0.3, -0.25) is 0 Å². The average molecular weight is 1130 g/mol. The summed E-state index contributed by atoms with van der Waals surface area (Å²) in [7, 11) is -16.7. The van der Waals surface area contributed by atoms with Crippen LogP contribution in [0.1, 0.15) is 24.0 Å². The molecule has 2 atom stereocenters. The monoisotopic (exact) mass is 1120 g/mol. The Morgan fingerprint density at radius 1 is 0.542 bits per heavy atom. The molecule has 2 unspecified atom stereocenters. The van der Waals surface area contributed by atoms with Crippen molar-refractivity contribution in [3.8, 4) is 0 Å². The van der Waals surface area contributed by atoms with E-state index in [1.165, 1.54) is 36.0 Å². The standard InChI is InChI=1S/C36H52N12O16S4.4Na/c1-47(19-23(21-51)9-13-49)35-43-31(37-11-15-65(53,54)55)41-33(45-35)39-27-7-5-25(29(17-27)67(59,60)61)3-4-26-6-8-28(18-30(26)68(62,63)64)40-34-42-32(38-12-16-66(56,57)58)44-36(46-34)48(2)20-24(22-52)10-14-50;;;;/h3-8,17-18,23-24,49-52H,9-16,19-22H2,1-2H3,(H,53,54,55)(H,56,57,58)(H,59,60,61)(H,62,63,64)(H2,37,39,41,43,45)(H2,38,40,42,44,46);;;;/q;4*+1/p-4/b4-3+;;;;. The Morgan fingerprint density at radius 3 is 1.17 bits per heavy atom. The zero-order chi connectivity index (χ0) is 50.5. The molecule has 2 aromatic heterocycles. The van der Waals surface area contributed by atoms with E-state index in [0.717, 1.165) is 36.4 Å². The fourth-order valence-corrected chi connectivity index (χ4v) is 8.17. The number of benzene rings is 2. The first-order chi connectivity index (χ1) is 31.8. The van der Waals surface area contributed by atoms with E-state index in [2.05, 4.69) is 51.2 Å². The van der Waals surface area contributed by atoms with Crippen LogP contribution in [0.15, 0.2) is 46.2 Å². The third kappa shape index (κ3) is 24.2. The van der Waals surface area contributed by atoms with E-state index in [1.807, 2.05) is 0 Å². The maximum absolute atomic E-state index is 12.6. The number of rotatable bonds is 28. The zero-order valence-corrected chi connectivity index (χ0v) is 51.4. The molecule has 36 heteroatoms. The van der Waals surface area contributed by atoms with Crippen molar-refractivity contribution >= 4 is 99.7 Å². The summed E-state index contributed by atoms with van der Waals surface area (Å²) in [5.41, 5.74) is -0.661. The van der Waals surface area contributed by atoms with E-state index in [-0.39, 0.29) is 229 Å². The summed E-state index contributed by atoms with van der Waals surface area (Å²) in [5, 5.41) is 48.7. The third-order valence-corrected chi connectivity index (χ3v) is 12.6. The predicted molar refractivity (Wildman–Crippen MR) is 241 cm³/mol. The molecule has 4 rings (SSSR count). The van der Waals surface area contributed by atoms with Gasteiger partial charge in [-0.25, -0.2) is 33.7 Å². The van der Waals surface area contributed by atoms with Crippen LogP contribution in [0.3, 0.4) is 0 Å². The number of aliphatic hydroxyl groups excluding tert-OH is 4. The van der Waals surface area contributed by atoms with Crippen LogP contribution in [0, 0.1) is 11.8 Å². The van der Waals surface area contributed by atoms with Crippen LogP contribution < -0.4 is 149 Å². The van der Waals surface area contributed by atoms with Crippen molar-refractivity contribution in [3.63, 3.8) is 0 Å². The van der Waals surface area contributed by atoms with Gasteiger partial charge in [0, 0.05) is 89.9 Å². The summed E-state index contributed by atoms with van der Waals surface area (Å²) < 4.78 is 142. The van der Waals surface area contributed by atoms with Gasteiger partial charge in [0.15, 0.2) is 0 Å². The molecule has 376 valence electrons. The Labute approximate surface area is 505 Å². The van der Waals surface area contributed by atoms with Crippen LogP contribution in [0.5, 0.6) is 0 Å². The molecule has 0 radical (unpaired) electrons. The summed E-state index contributed by atoms with van der Waals surface area (Å²) in [5.74, 6) is -3.56. The Bertz CT molecular complexity index is 2680. The summed E-state index contributed by atoms with van der Waals surface area (Å²) in [6.07, 6.45) is 2.56. The largest absolute Gasteiger partial charge is 1.00 e. The third-order valence-electron chi connectivity index (χ3n) is 9.38. The second-order valence-corrected chi connectivity index (χ2v) is 20.6. The molecule has 0 aliphatic carbocycles. The minimum Gasteiger partial charge on any atom is -0.748 e. The van der Waals surface area contributed by atoms with Crippen molar-refractivity contribution in [1.82, 2.24) is 29.9 Å². The minimum absolute atomic E-state index is 0. The fourth-order valence-electron chi connectivity index (χ4n) is 6.07. The molecular weight excluding hydrogens is 1080 g/mol. The Hall–Kier alpha value is -1.52. The zero-order valence-electron chi connectivity index (χ0n) is 40.2. The van der Waals surface area contributed by atoms with Gasteiger partial charge in [0.2, 0.25) is 35.7 Å². The van der Waals surface area contributed by atoms with E-state index in [1.54, 1.807) is 0 Å². The molecular formula is C36H48N12Na4O16S4. The topological polar surface area (TPSA) is 442 Å². The molecule has 2 heterocycles. The van der Waals surface area contributed by atoms with Gasteiger partial charge in [-0.05, 0) is 48.2 Å². The van der Waals surface area contributed by atoms with E-state index >= 15 is 0 Å². The number of hydrogen-bond acceptors (Lipinski definition) is 28. The smallest absolute Gasteiger partial charge is 0.748 e. The second-order valence-electron chi connectivity index (χ2n) is 14.8. The Kier molecular flexibility index (Phi) is 31.6. The van der Waals surface area contributed by atoms with Crippen LogP contribution in [0.25, 0.3) is 12.2 Å². The fraction of sp³-hybridized carbons (Fsp3) is 0.444. The summed E-state index contributed by atoms with van der Waals surface area (Å²) >= 11 is 0. The molecule has 0 saturated heterocycles. The molecule has 4 aromatic rings. The van der Waals surface area contributed by atoms with Gasteiger partial charge in [0.1, 0.15) is 20.2 Å². The summed E-state index contributed by atoms with van der Waals surface area (Å²) in [6.45, 7) is -1.61. The van der Waals surface area contributed by atoms with Gasteiger partial charge in [-0.1, -0.05) is 24.3 Å². The van der Waals surface area contributed by atoms with Crippen molar-refractivity contribution in [2.45, 2.75) is 22.6 Å². The maximum atomic E-state index is 12.6. The molecule has 0 amide bonds. The van der Waals surface area contributed by atoms with Gasteiger partial charge in [-0.2, -0.15) is 29.9 Å². The number of aliphatic hydroxyl groups is 4. The number of nitrogens with one attached hydrogen (secondary N) is 4. The number of aromatic nitrogens is 6. The van der Waals surface area contributed by atoms with Crippen LogP contribution in [-0.4, -0.2) is 180 Å². The number of anilines is 8. The summed E-state index contributed by atoms with van der Waals surface area (Å²) in [4.78, 5) is 26.5. The van der Waals surface area contributed by atoms with E-state index in [0.29, 0.717) is 0 Å². The first-order valence-electron chi connectivity index (χ1n) is 20.0. The predicted octanol–water partition coefficient (Wildman–Crippen LogP) is -13.7. The summed E-state index contributed by atoms with van der Waals surface area (Å²) in [6, 6.07) is 6.73. The van der Waals surface area contributed by atoms with Crippen LogP contribution >= 0.6 is 0 Å². The van der Waals surface area contributed by atoms with Crippen LogP contribution in [0.4, 0.5) is 47.1 Å². The van der Waals surface area contributed by atoms with Crippen LogP contribution in [0.2, 0.25) is 0 Å². The van der Waals surface area contributed by atoms with E-state index in [9.17, 15) is 72.3 Å². The van der Waals surface area contributed by atoms with Crippen molar-refractivity contribution in [1.29, 1.82) is 0 Å². The average Bonchev–Trinajstić information content (AvgIpc) is 3.24. The SMILES string of the molecule is CN(CC(CO)CCO)c1nc(NCCS(=O)(=O)[O-])nc(Nc2ccc(/C=C/c3ccc(Nc4nc(NCCS(=O)(=O)[O-])nc(N(C)CC(CO)CCO)n4)cc3S(=O)(=O)[O-])c(S(=O)(=O)[O-])c2)n1.[Na+].[Na+].[Na+].[Na+]. The molecule has 0 spiro atoms. The molecule has 0 aliphatic rings. The minimum atomic E-state index is -5.28. The number of nitrogens with zero attached hydrogens (tertiary/aromatic N) is 8. The normalized spacial score (nSPS) is 12.5. The second kappa shape index (κ2) is 32.3. The Morgan fingerprint density at radius 2 is 0.875 bits per heavy atom. The first kappa shape index (κ1) is 70.5. The first-order valence-corrected chi connectivity index (χ1v) is 25.9. The maximum Gasteiger partial charge on any atom is 1.00 e. The van der Waals surface area contributed by atoms with Crippen molar-refractivity contribution in [3.05, 3.63) is 47.5 Å². The van der Waals surface area contributed by atoms with E-state index in [4.69, 9.17) is 0 Å². The number of hydrogen-bond donors (Lipinski definition) is 8. The molecule has 2 aromatic carbocycles. The van der Waals surface area contributed by atoms with Crippen molar-refractivity contribution < 1.29 is 191 Å². The van der Waals surface area contributed by atoms with Gasteiger partial charge >= 0.3 is 118 Å². The molecule has 0 fully saturated rings. The van der Waals surface area contributed by atoms with Gasteiger partial charge in [0.05, 0.1) is 41.5 Å².